The molecular formula is C35H34N2O6. The lowest BCUT2D eigenvalue weighted by Gasteiger charge is -2.65. The van der Waals surface area contributed by atoms with Crippen molar-refractivity contribution in [3.8, 4) is 11.5 Å². The SMILES string of the molecule is O=C1c2ccccc2C(=O)N1[C@@H]1CC[C@@]2(O)[C@@H]3[C@@H](O)c4ccc(OCc5ccccc5)c5c4[C@@]2(CCN3CC2CC2)[C@H]1O5. The van der Waals surface area contributed by atoms with E-state index in [1.165, 1.54) is 17.7 Å². The lowest BCUT2D eigenvalue weighted by Crippen LogP contribution is -2.79. The summed E-state index contributed by atoms with van der Waals surface area (Å²) < 4.78 is 13.2. The smallest absolute Gasteiger partial charge is 0.261 e. The molecule has 3 heterocycles. The van der Waals surface area contributed by atoms with Gasteiger partial charge < -0.3 is 19.7 Å². The molecule has 6 aliphatic rings. The zero-order valence-electron chi connectivity index (χ0n) is 23.8. The third-order valence-corrected chi connectivity index (χ3v) is 11.2. The van der Waals surface area contributed by atoms with E-state index in [-0.39, 0.29) is 11.8 Å². The summed E-state index contributed by atoms with van der Waals surface area (Å²) in [5.74, 6) is 1.04. The second-order valence-corrected chi connectivity index (χ2v) is 13.3. The van der Waals surface area contributed by atoms with Crippen LogP contribution < -0.4 is 9.47 Å². The van der Waals surface area contributed by atoms with Crippen LogP contribution in [0.4, 0.5) is 0 Å². The topological polar surface area (TPSA) is 99.5 Å². The molecule has 2 N–H and O–H groups in total. The van der Waals surface area contributed by atoms with Gasteiger partial charge in [0.25, 0.3) is 11.8 Å². The number of ether oxygens (including phenoxy) is 2. The molecule has 9 rings (SSSR count). The molecule has 0 unspecified atom stereocenters. The molecule has 3 aliphatic heterocycles. The molecule has 8 nitrogen and oxygen atoms in total. The monoisotopic (exact) mass is 578 g/mol. The standard InChI is InChI=1S/C35H34N2O6/c38-28-24-12-13-26(42-19-21-6-2-1-3-7-21)29-27(24)34-16-17-36(18-20-10-11-20)30(28)35(34,41)15-14-25(31(34)43-29)37-32(39)22-8-4-5-9-23(22)33(37)40/h1-9,12-13,20,25,28,30-31,38,41H,10-11,14-19H2/t25-,28+,30+,31+,34+,35-/m1/s1. The lowest BCUT2D eigenvalue weighted by molar-refractivity contribution is -0.220. The molecule has 8 heteroatoms. The summed E-state index contributed by atoms with van der Waals surface area (Å²) in [4.78, 5) is 31.2. The van der Waals surface area contributed by atoms with Crippen LogP contribution >= 0.6 is 0 Å². The van der Waals surface area contributed by atoms with E-state index in [1.54, 1.807) is 24.3 Å². The number of carbonyl (C=O) groups excluding carboxylic acids is 2. The van der Waals surface area contributed by atoms with Crippen LogP contribution in [0.5, 0.6) is 11.5 Å². The molecule has 6 atom stereocenters. The number of benzene rings is 3. The molecule has 0 aromatic heterocycles. The first-order valence-corrected chi connectivity index (χ1v) is 15.5. The summed E-state index contributed by atoms with van der Waals surface area (Å²) in [6.07, 6.45) is 2.14. The van der Waals surface area contributed by atoms with Crippen LogP contribution in [0.25, 0.3) is 0 Å². The fourth-order valence-corrected chi connectivity index (χ4v) is 9.13. The van der Waals surface area contributed by atoms with Gasteiger partial charge in [-0.3, -0.25) is 19.4 Å². The zero-order chi connectivity index (χ0) is 29.1. The molecule has 0 radical (unpaired) electrons. The van der Waals surface area contributed by atoms with Crippen molar-refractivity contribution in [1.29, 1.82) is 0 Å². The van der Waals surface area contributed by atoms with E-state index in [2.05, 4.69) is 4.90 Å². The predicted molar refractivity (Wildman–Crippen MR) is 156 cm³/mol. The number of imide groups is 1. The first kappa shape index (κ1) is 25.7. The van der Waals surface area contributed by atoms with Crippen LogP contribution in [0.2, 0.25) is 0 Å². The summed E-state index contributed by atoms with van der Waals surface area (Å²) in [5.41, 5.74) is 1.18. The number of piperidine rings is 1. The number of hydrogen-bond donors (Lipinski definition) is 2. The molecule has 3 aliphatic carbocycles. The number of likely N-dealkylation sites (tertiary alicyclic amines) is 1. The second-order valence-electron chi connectivity index (χ2n) is 13.3. The molecule has 2 amide bonds. The Labute approximate surface area is 249 Å². The molecule has 2 bridgehead atoms. The summed E-state index contributed by atoms with van der Waals surface area (Å²) in [7, 11) is 0. The van der Waals surface area contributed by atoms with Crippen LogP contribution in [-0.2, 0) is 12.0 Å². The van der Waals surface area contributed by atoms with E-state index in [9.17, 15) is 19.8 Å². The number of aliphatic hydroxyl groups excluding tert-OH is 1. The number of nitrogens with zero attached hydrogens (tertiary/aromatic N) is 2. The fourth-order valence-electron chi connectivity index (χ4n) is 9.13. The molecule has 1 saturated heterocycles. The van der Waals surface area contributed by atoms with Crippen LogP contribution in [0.3, 0.4) is 0 Å². The van der Waals surface area contributed by atoms with E-state index in [0.717, 1.165) is 23.2 Å². The molecule has 43 heavy (non-hydrogen) atoms. The van der Waals surface area contributed by atoms with E-state index in [1.807, 2.05) is 42.5 Å². The van der Waals surface area contributed by atoms with Gasteiger partial charge >= 0.3 is 0 Å². The van der Waals surface area contributed by atoms with Crippen molar-refractivity contribution < 1.29 is 29.3 Å². The Hall–Kier alpha value is -3.72. The minimum Gasteiger partial charge on any atom is -0.485 e. The number of carbonyl (C=O) groups is 2. The van der Waals surface area contributed by atoms with Gasteiger partial charge in [-0.2, -0.15) is 0 Å². The zero-order valence-corrected chi connectivity index (χ0v) is 23.8. The molecule has 3 aromatic rings. The quantitative estimate of drug-likeness (QED) is 0.427. The first-order valence-electron chi connectivity index (χ1n) is 15.5. The molecule has 1 spiro atoms. The third kappa shape index (κ3) is 3.32. The first-order chi connectivity index (χ1) is 20.9. The van der Waals surface area contributed by atoms with Gasteiger partial charge in [-0.15, -0.1) is 0 Å². The minimum absolute atomic E-state index is 0.314. The van der Waals surface area contributed by atoms with Gasteiger partial charge in [-0.05, 0) is 73.9 Å². The normalized spacial score (nSPS) is 33.7. The fraction of sp³-hybridized carbons (Fsp3) is 0.429. The molecule has 220 valence electrons. The van der Waals surface area contributed by atoms with E-state index < -0.39 is 35.3 Å². The molecule has 3 aromatic carbocycles. The molecular weight excluding hydrogens is 544 g/mol. The van der Waals surface area contributed by atoms with Gasteiger partial charge in [0.1, 0.15) is 12.7 Å². The number of rotatable bonds is 6. The highest BCUT2D eigenvalue weighted by molar-refractivity contribution is 6.21. The van der Waals surface area contributed by atoms with Gasteiger partial charge in [0.15, 0.2) is 11.5 Å². The van der Waals surface area contributed by atoms with Gasteiger partial charge in [0, 0.05) is 12.1 Å². The largest absolute Gasteiger partial charge is 0.485 e. The number of hydrogen-bond acceptors (Lipinski definition) is 7. The van der Waals surface area contributed by atoms with Crippen molar-refractivity contribution in [3.05, 3.63) is 94.5 Å². The number of aliphatic hydroxyl groups is 2. The van der Waals surface area contributed by atoms with Gasteiger partial charge in [-0.25, -0.2) is 0 Å². The lowest BCUT2D eigenvalue weighted by atomic mass is 9.47. The van der Waals surface area contributed by atoms with Crippen LogP contribution in [-0.4, -0.2) is 68.7 Å². The summed E-state index contributed by atoms with van der Waals surface area (Å²) in [5, 5.41) is 24.9. The van der Waals surface area contributed by atoms with E-state index in [4.69, 9.17) is 9.47 Å². The summed E-state index contributed by atoms with van der Waals surface area (Å²) >= 11 is 0. The Morgan fingerprint density at radius 1 is 0.907 bits per heavy atom. The average molecular weight is 579 g/mol. The molecule has 2 saturated carbocycles. The average Bonchev–Trinajstić information content (AvgIpc) is 3.72. The Bertz CT molecular complexity index is 1640. The highest BCUT2D eigenvalue weighted by Crippen LogP contribution is 2.68. The van der Waals surface area contributed by atoms with Crippen LogP contribution in [0, 0.1) is 5.92 Å². The third-order valence-electron chi connectivity index (χ3n) is 11.2. The van der Waals surface area contributed by atoms with E-state index in [0.29, 0.717) is 61.0 Å². The Morgan fingerprint density at radius 3 is 2.35 bits per heavy atom. The van der Waals surface area contributed by atoms with E-state index >= 15 is 0 Å². The van der Waals surface area contributed by atoms with Crippen molar-refractivity contribution in [2.45, 2.75) is 74.0 Å². The predicted octanol–water partition coefficient (Wildman–Crippen LogP) is 3.99. The minimum atomic E-state index is -1.30. The summed E-state index contributed by atoms with van der Waals surface area (Å²) in [6.45, 7) is 1.89. The van der Waals surface area contributed by atoms with Gasteiger partial charge in [0.05, 0.1) is 40.3 Å². The van der Waals surface area contributed by atoms with Crippen LogP contribution in [0.1, 0.15) is 75.6 Å². The van der Waals surface area contributed by atoms with Gasteiger partial charge in [0.2, 0.25) is 0 Å². The Kier molecular flexibility index (Phi) is 5.33. The second kappa shape index (κ2) is 8.91. The Balaban J connectivity index is 1.18. The maximum Gasteiger partial charge on any atom is 0.261 e. The van der Waals surface area contributed by atoms with Crippen molar-refractivity contribution >= 4 is 11.8 Å². The maximum atomic E-state index is 13.8. The Morgan fingerprint density at radius 2 is 1.63 bits per heavy atom. The number of fused-ring (bicyclic) bond motifs is 1. The van der Waals surface area contributed by atoms with Crippen molar-refractivity contribution in [1.82, 2.24) is 9.80 Å². The van der Waals surface area contributed by atoms with Crippen molar-refractivity contribution in [2.24, 2.45) is 5.92 Å². The highest BCUT2D eigenvalue weighted by Gasteiger charge is 2.76. The highest BCUT2D eigenvalue weighted by atomic mass is 16.5. The summed E-state index contributed by atoms with van der Waals surface area (Å²) in [6, 6.07) is 19.6. The van der Waals surface area contributed by atoms with Crippen molar-refractivity contribution in [2.75, 3.05) is 13.1 Å². The van der Waals surface area contributed by atoms with Crippen molar-refractivity contribution in [3.63, 3.8) is 0 Å². The number of amides is 2. The molecule has 3 fully saturated rings. The van der Waals surface area contributed by atoms with Gasteiger partial charge in [-0.1, -0.05) is 48.5 Å². The maximum absolute atomic E-state index is 13.8. The van der Waals surface area contributed by atoms with Crippen LogP contribution in [0.15, 0.2) is 66.7 Å².